The average Bonchev–Trinajstić information content (AvgIpc) is 3.30. The number of rotatable bonds is 48. The first-order chi connectivity index (χ1) is 32.0. The first-order valence-corrected chi connectivity index (χ1v) is 27.1. The van der Waals surface area contributed by atoms with E-state index in [-0.39, 0.29) is 37.5 Å². The number of carbonyl (C=O) groups excluding carboxylic acids is 3. The lowest BCUT2D eigenvalue weighted by atomic mass is 10.0. The Morgan fingerprint density at radius 3 is 1.08 bits per heavy atom. The van der Waals surface area contributed by atoms with Crippen LogP contribution in [0.3, 0.4) is 0 Å². The van der Waals surface area contributed by atoms with Crippen molar-refractivity contribution in [1.82, 2.24) is 0 Å². The van der Waals surface area contributed by atoms with Gasteiger partial charge in [-0.25, -0.2) is 0 Å². The molecule has 0 aromatic rings. The molecule has 0 aromatic heterocycles. The largest absolute Gasteiger partial charge is 0.462 e. The zero-order chi connectivity index (χ0) is 47.2. The number of ether oxygens (including phenoxy) is 3. The van der Waals surface area contributed by atoms with Crippen molar-refractivity contribution in [3.05, 3.63) is 85.1 Å². The summed E-state index contributed by atoms with van der Waals surface area (Å²) in [6.45, 7) is 6.42. The first-order valence-electron chi connectivity index (χ1n) is 27.1. The Balaban J connectivity index is 4.43. The van der Waals surface area contributed by atoms with E-state index in [2.05, 4.69) is 99.8 Å². The quantitative estimate of drug-likeness (QED) is 0.0262. The molecule has 0 fully saturated rings. The van der Waals surface area contributed by atoms with Gasteiger partial charge in [-0.15, -0.1) is 0 Å². The van der Waals surface area contributed by atoms with E-state index >= 15 is 0 Å². The van der Waals surface area contributed by atoms with Crippen LogP contribution in [-0.4, -0.2) is 37.2 Å². The fraction of sp³-hybridized carbons (Fsp3) is 0.712. The molecule has 0 N–H and O–H groups in total. The van der Waals surface area contributed by atoms with E-state index in [0.29, 0.717) is 19.3 Å². The normalized spacial score (nSPS) is 12.7. The van der Waals surface area contributed by atoms with Gasteiger partial charge in [0.15, 0.2) is 6.10 Å². The highest BCUT2D eigenvalue weighted by atomic mass is 16.6. The summed E-state index contributed by atoms with van der Waals surface area (Å²) < 4.78 is 16.7. The lowest BCUT2D eigenvalue weighted by Gasteiger charge is -2.18. The Labute approximate surface area is 401 Å². The van der Waals surface area contributed by atoms with Crippen LogP contribution in [0.1, 0.15) is 252 Å². The standard InChI is InChI=1S/C59H100O6/c1-4-7-10-13-16-19-22-24-26-28-30-32-33-35-37-40-43-46-49-52-58(61)64-55-56(54-63-57(60)51-48-45-42-39-21-18-15-12-9-6-3)65-59(62)53-50-47-44-41-38-36-34-31-29-27-25-23-20-17-14-11-8-5-2/h7,10,15-16,18-19,24,26,30,32,35,37,43,46,56H,4-6,8-9,11-14,17,20-23,25,27-29,31,33-34,36,38-42,44-45,47-55H2,1-3H3/b10-7-,18-15-,19-16-,26-24-,32-30-,37-35-,46-43-. The van der Waals surface area contributed by atoms with Gasteiger partial charge in [0, 0.05) is 19.3 Å². The third kappa shape index (κ3) is 51.4. The van der Waals surface area contributed by atoms with Gasteiger partial charge in [-0.2, -0.15) is 0 Å². The molecule has 0 saturated heterocycles. The van der Waals surface area contributed by atoms with Gasteiger partial charge in [0.25, 0.3) is 0 Å². The van der Waals surface area contributed by atoms with Gasteiger partial charge in [-0.1, -0.05) is 241 Å². The summed E-state index contributed by atoms with van der Waals surface area (Å²) in [5.41, 5.74) is 0. The first kappa shape index (κ1) is 61.6. The summed E-state index contributed by atoms with van der Waals surface area (Å²) in [4.78, 5) is 38.0. The van der Waals surface area contributed by atoms with Gasteiger partial charge >= 0.3 is 17.9 Å². The van der Waals surface area contributed by atoms with Gasteiger partial charge in [-0.05, 0) is 77.0 Å². The van der Waals surface area contributed by atoms with Crippen molar-refractivity contribution >= 4 is 17.9 Å². The van der Waals surface area contributed by atoms with Crippen LogP contribution >= 0.6 is 0 Å². The molecule has 0 saturated carbocycles. The van der Waals surface area contributed by atoms with E-state index in [1.165, 1.54) is 109 Å². The topological polar surface area (TPSA) is 78.9 Å². The third-order valence-electron chi connectivity index (χ3n) is 11.4. The highest BCUT2D eigenvalue weighted by Crippen LogP contribution is 2.15. The Morgan fingerprint density at radius 2 is 0.646 bits per heavy atom. The Bertz CT molecular complexity index is 1270. The fourth-order valence-corrected chi connectivity index (χ4v) is 7.33. The molecule has 1 atom stereocenters. The molecule has 65 heavy (non-hydrogen) atoms. The summed E-state index contributed by atoms with van der Waals surface area (Å²) in [5.74, 6) is -1.00. The third-order valence-corrected chi connectivity index (χ3v) is 11.4. The minimum Gasteiger partial charge on any atom is -0.462 e. The minimum atomic E-state index is -0.809. The van der Waals surface area contributed by atoms with E-state index in [4.69, 9.17) is 14.2 Å². The summed E-state index contributed by atoms with van der Waals surface area (Å²) in [6, 6.07) is 0. The van der Waals surface area contributed by atoms with Gasteiger partial charge in [0.1, 0.15) is 13.2 Å². The predicted octanol–water partition coefficient (Wildman–Crippen LogP) is 18.0. The van der Waals surface area contributed by atoms with Crippen molar-refractivity contribution in [2.24, 2.45) is 0 Å². The summed E-state index contributed by atoms with van der Waals surface area (Å²) in [7, 11) is 0. The molecule has 1 unspecified atom stereocenters. The van der Waals surface area contributed by atoms with Crippen LogP contribution in [-0.2, 0) is 28.6 Å². The van der Waals surface area contributed by atoms with Gasteiger partial charge in [0.05, 0.1) is 0 Å². The lowest BCUT2D eigenvalue weighted by Crippen LogP contribution is -2.30. The second kappa shape index (κ2) is 53.2. The van der Waals surface area contributed by atoms with Crippen LogP contribution in [0.5, 0.6) is 0 Å². The molecule has 372 valence electrons. The van der Waals surface area contributed by atoms with Crippen LogP contribution < -0.4 is 0 Å². The van der Waals surface area contributed by atoms with Crippen molar-refractivity contribution in [1.29, 1.82) is 0 Å². The molecule has 0 amide bonds. The van der Waals surface area contributed by atoms with Gasteiger partial charge in [0.2, 0.25) is 0 Å². The lowest BCUT2D eigenvalue weighted by molar-refractivity contribution is -0.166. The summed E-state index contributed by atoms with van der Waals surface area (Å²) >= 11 is 0. The molecule has 0 aliphatic heterocycles. The van der Waals surface area contributed by atoms with E-state index in [9.17, 15) is 14.4 Å². The number of carbonyl (C=O) groups is 3. The van der Waals surface area contributed by atoms with Crippen molar-refractivity contribution in [3.63, 3.8) is 0 Å². The highest BCUT2D eigenvalue weighted by molar-refractivity contribution is 5.71. The van der Waals surface area contributed by atoms with Crippen molar-refractivity contribution in [3.8, 4) is 0 Å². The predicted molar refractivity (Wildman–Crippen MR) is 279 cm³/mol. The van der Waals surface area contributed by atoms with Crippen molar-refractivity contribution in [2.45, 2.75) is 258 Å². The summed E-state index contributed by atoms with van der Waals surface area (Å²) in [6.07, 6.45) is 68.7. The Kier molecular flexibility index (Phi) is 50.4. The van der Waals surface area contributed by atoms with Crippen molar-refractivity contribution < 1.29 is 28.6 Å². The zero-order valence-electron chi connectivity index (χ0n) is 42.5. The number of esters is 3. The smallest absolute Gasteiger partial charge is 0.306 e. The van der Waals surface area contributed by atoms with E-state index in [0.717, 1.165) is 96.3 Å². The SMILES string of the molecule is CC/C=C\C/C=C\C/C=C\C/C=C\C/C=C\C/C=C\CCC(=O)OCC(COC(=O)CCCCCC/C=C\CCCC)OC(=O)CCCCCCCCCCCCCCCCCCCC. The molecule has 0 radical (unpaired) electrons. The molecule has 0 aliphatic rings. The molecule has 0 heterocycles. The van der Waals surface area contributed by atoms with Crippen LogP contribution in [0.4, 0.5) is 0 Å². The van der Waals surface area contributed by atoms with E-state index < -0.39 is 6.10 Å². The molecular weight excluding hydrogens is 805 g/mol. The number of allylic oxidation sites excluding steroid dienone is 14. The molecule has 0 aromatic carbocycles. The van der Waals surface area contributed by atoms with Crippen LogP contribution in [0.2, 0.25) is 0 Å². The minimum absolute atomic E-state index is 0.104. The average molecular weight is 905 g/mol. The molecule has 6 nitrogen and oxygen atoms in total. The van der Waals surface area contributed by atoms with Crippen LogP contribution in [0.25, 0.3) is 0 Å². The van der Waals surface area contributed by atoms with E-state index in [1.807, 2.05) is 6.08 Å². The van der Waals surface area contributed by atoms with Crippen molar-refractivity contribution in [2.75, 3.05) is 13.2 Å². The van der Waals surface area contributed by atoms with E-state index in [1.54, 1.807) is 0 Å². The van der Waals surface area contributed by atoms with Crippen LogP contribution in [0.15, 0.2) is 85.1 Å². The molecule has 0 aliphatic carbocycles. The summed E-state index contributed by atoms with van der Waals surface area (Å²) in [5, 5.41) is 0. The maximum Gasteiger partial charge on any atom is 0.306 e. The highest BCUT2D eigenvalue weighted by Gasteiger charge is 2.19. The maximum absolute atomic E-state index is 12.8. The number of hydrogen-bond donors (Lipinski definition) is 0. The molecule has 0 bridgehead atoms. The van der Waals surface area contributed by atoms with Crippen LogP contribution in [0, 0.1) is 0 Å². The monoisotopic (exact) mass is 905 g/mol. The second-order valence-corrected chi connectivity index (χ2v) is 17.8. The maximum atomic E-state index is 12.8. The molecule has 0 rings (SSSR count). The number of hydrogen-bond acceptors (Lipinski definition) is 6. The second-order valence-electron chi connectivity index (χ2n) is 17.8. The molecule has 6 heteroatoms. The molecular formula is C59H100O6. The zero-order valence-corrected chi connectivity index (χ0v) is 42.5. The number of unbranched alkanes of at least 4 members (excludes halogenated alkanes) is 23. The fourth-order valence-electron chi connectivity index (χ4n) is 7.33. The Morgan fingerprint density at radius 1 is 0.323 bits per heavy atom. The Hall–Kier alpha value is -3.41. The van der Waals surface area contributed by atoms with Gasteiger partial charge in [-0.3, -0.25) is 14.4 Å². The van der Waals surface area contributed by atoms with Gasteiger partial charge < -0.3 is 14.2 Å². The molecule has 0 spiro atoms.